The third-order valence-electron chi connectivity index (χ3n) is 3.13. The molecule has 124 valence electrons. The summed E-state index contributed by atoms with van der Waals surface area (Å²) in [5.41, 5.74) is 3.91. The maximum Gasteiger partial charge on any atom is 0.240 e. The molecule has 2 aromatic carbocycles. The Morgan fingerprint density at radius 1 is 1.04 bits per heavy atom. The van der Waals surface area contributed by atoms with E-state index in [1.807, 2.05) is 36.4 Å². The molecule has 24 heavy (non-hydrogen) atoms. The van der Waals surface area contributed by atoms with E-state index in [1.165, 1.54) is 6.21 Å². The van der Waals surface area contributed by atoms with Gasteiger partial charge in [0.1, 0.15) is 5.75 Å². The first-order valence-corrected chi connectivity index (χ1v) is 7.48. The second-order valence-corrected chi connectivity index (χ2v) is 4.98. The Labute approximate surface area is 140 Å². The van der Waals surface area contributed by atoms with Crippen LogP contribution >= 0.6 is 0 Å². The highest BCUT2D eigenvalue weighted by atomic mass is 16.5. The molecule has 0 heterocycles. The zero-order valence-corrected chi connectivity index (χ0v) is 13.4. The van der Waals surface area contributed by atoms with Gasteiger partial charge in [-0.2, -0.15) is 5.10 Å². The van der Waals surface area contributed by atoms with Gasteiger partial charge in [0.15, 0.2) is 0 Å². The lowest BCUT2D eigenvalue weighted by Gasteiger charge is -2.04. The lowest BCUT2D eigenvalue weighted by atomic mass is 10.2. The second-order valence-electron chi connectivity index (χ2n) is 4.98. The number of hydrogen-bond donors (Lipinski definition) is 2. The molecule has 0 spiro atoms. The van der Waals surface area contributed by atoms with Crippen molar-refractivity contribution in [3.63, 3.8) is 0 Å². The number of carbonyl (C=O) groups is 2. The molecule has 2 rings (SSSR count). The summed E-state index contributed by atoms with van der Waals surface area (Å²) < 4.78 is 5.10. The number of ether oxygens (including phenoxy) is 1. The third kappa shape index (κ3) is 5.92. The van der Waals surface area contributed by atoms with E-state index in [1.54, 1.807) is 25.3 Å². The number of benzene rings is 2. The number of nitrogens with zero attached hydrogens (tertiary/aromatic N) is 1. The molecule has 0 fully saturated rings. The van der Waals surface area contributed by atoms with E-state index >= 15 is 0 Å². The van der Waals surface area contributed by atoms with Crippen molar-refractivity contribution >= 4 is 23.7 Å². The number of rotatable bonds is 7. The Hall–Kier alpha value is -3.15. The Morgan fingerprint density at radius 3 is 2.54 bits per heavy atom. The molecule has 0 saturated carbocycles. The number of amides is 2. The number of carbonyl (C=O) groups excluding carboxylic acids is 2. The van der Waals surface area contributed by atoms with E-state index < -0.39 is 0 Å². The molecule has 0 aliphatic heterocycles. The summed E-state index contributed by atoms with van der Waals surface area (Å²) in [6.07, 6.45) is 1.67. The van der Waals surface area contributed by atoms with Gasteiger partial charge >= 0.3 is 0 Å². The van der Waals surface area contributed by atoms with Crippen molar-refractivity contribution in [1.29, 1.82) is 0 Å². The zero-order chi connectivity index (χ0) is 17.2. The number of hydrazone groups is 1. The summed E-state index contributed by atoms with van der Waals surface area (Å²) in [4.78, 5) is 23.4. The third-order valence-corrected chi connectivity index (χ3v) is 3.13. The Balaban J connectivity index is 1.73. The molecule has 6 heteroatoms. The summed E-state index contributed by atoms with van der Waals surface area (Å²) in [6, 6.07) is 16.4. The highest BCUT2D eigenvalue weighted by Gasteiger charge is 2.06. The number of methoxy groups -OCH3 is 1. The van der Waals surface area contributed by atoms with Crippen LogP contribution in [0.15, 0.2) is 59.7 Å². The monoisotopic (exact) mass is 325 g/mol. The molecule has 2 aromatic rings. The van der Waals surface area contributed by atoms with Crippen LogP contribution in [0.2, 0.25) is 0 Å². The average molecular weight is 325 g/mol. The van der Waals surface area contributed by atoms with Crippen molar-refractivity contribution < 1.29 is 14.3 Å². The zero-order valence-electron chi connectivity index (χ0n) is 13.4. The fraction of sp³-hybridized carbons (Fsp3) is 0.167. The van der Waals surface area contributed by atoms with Gasteiger partial charge in [-0.15, -0.1) is 0 Å². The molecule has 0 radical (unpaired) electrons. The largest absolute Gasteiger partial charge is 0.497 e. The standard InChI is InChI=1S/C18H19N3O3/c1-24-16-9-5-6-14(12-16)13-19-21-18(23)11-10-17(22)20-15-7-3-2-4-8-15/h2-9,12-13H,10-11H2,1H3,(H,20,22)(H,21,23). The molecule has 0 aliphatic carbocycles. The highest BCUT2D eigenvalue weighted by molar-refractivity contribution is 5.93. The van der Waals surface area contributed by atoms with Crippen LogP contribution in [-0.2, 0) is 9.59 Å². The Kier molecular flexibility index (Phi) is 6.52. The fourth-order valence-electron chi connectivity index (χ4n) is 1.93. The number of anilines is 1. The first kappa shape index (κ1) is 17.2. The average Bonchev–Trinajstić information content (AvgIpc) is 2.61. The van der Waals surface area contributed by atoms with Crippen molar-refractivity contribution in [1.82, 2.24) is 5.43 Å². The second kappa shape index (κ2) is 9.09. The lowest BCUT2D eigenvalue weighted by molar-refractivity contribution is -0.124. The quantitative estimate of drug-likeness (QED) is 0.606. The van der Waals surface area contributed by atoms with Crippen molar-refractivity contribution in [2.24, 2.45) is 5.10 Å². The highest BCUT2D eigenvalue weighted by Crippen LogP contribution is 2.10. The maximum absolute atomic E-state index is 11.7. The molecular weight excluding hydrogens is 306 g/mol. The molecule has 2 N–H and O–H groups in total. The summed E-state index contributed by atoms with van der Waals surface area (Å²) in [7, 11) is 1.58. The van der Waals surface area contributed by atoms with Gasteiger partial charge in [0.2, 0.25) is 11.8 Å². The molecule has 6 nitrogen and oxygen atoms in total. The minimum atomic E-state index is -0.322. The number of hydrogen-bond acceptors (Lipinski definition) is 4. The summed E-state index contributed by atoms with van der Waals surface area (Å²) in [5, 5.41) is 6.59. The molecule has 2 amide bonds. The van der Waals surface area contributed by atoms with Crippen LogP contribution in [-0.4, -0.2) is 25.1 Å². The Bertz CT molecular complexity index is 714. The van der Waals surface area contributed by atoms with Crippen molar-refractivity contribution in [3.05, 3.63) is 60.2 Å². The van der Waals surface area contributed by atoms with Crippen molar-refractivity contribution in [2.45, 2.75) is 12.8 Å². The first-order valence-electron chi connectivity index (χ1n) is 7.48. The molecule has 0 bridgehead atoms. The molecular formula is C18H19N3O3. The van der Waals surface area contributed by atoms with Crippen LogP contribution in [0.5, 0.6) is 5.75 Å². The van der Waals surface area contributed by atoms with E-state index in [4.69, 9.17) is 4.74 Å². The van der Waals surface area contributed by atoms with Gasteiger partial charge in [-0.1, -0.05) is 30.3 Å². The molecule has 0 atom stereocenters. The van der Waals surface area contributed by atoms with Gasteiger partial charge in [0.05, 0.1) is 13.3 Å². The fourth-order valence-corrected chi connectivity index (χ4v) is 1.93. The van der Waals surface area contributed by atoms with E-state index in [2.05, 4.69) is 15.8 Å². The summed E-state index contributed by atoms with van der Waals surface area (Å²) >= 11 is 0. The van der Waals surface area contributed by atoms with Crippen LogP contribution in [0.25, 0.3) is 0 Å². The molecule has 0 aliphatic rings. The Morgan fingerprint density at radius 2 is 1.79 bits per heavy atom. The van der Waals surface area contributed by atoms with Crippen LogP contribution in [0.1, 0.15) is 18.4 Å². The van der Waals surface area contributed by atoms with Gasteiger partial charge in [0.25, 0.3) is 0 Å². The predicted octanol–water partition coefficient (Wildman–Crippen LogP) is 2.56. The van der Waals surface area contributed by atoms with Crippen molar-refractivity contribution in [3.8, 4) is 5.75 Å². The van der Waals surface area contributed by atoms with Crippen molar-refractivity contribution in [2.75, 3.05) is 12.4 Å². The van der Waals surface area contributed by atoms with E-state index in [9.17, 15) is 9.59 Å². The maximum atomic E-state index is 11.7. The number of para-hydroxylation sites is 1. The molecule has 0 saturated heterocycles. The minimum absolute atomic E-state index is 0.0636. The SMILES string of the molecule is COc1cccc(C=NNC(=O)CCC(=O)Nc2ccccc2)c1. The van der Waals surface area contributed by atoms with Gasteiger partial charge in [-0.3, -0.25) is 9.59 Å². The molecule has 0 unspecified atom stereocenters. The van der Waals surface area contributed by atoms with Gasteiger partial charge in [0, 0.05) is 18.5 Å². The lowest BCUT2D eigenvalue weighted by Crippen LogP contribution is -2.20. The van der Waals surface area contributed by atoms with E-state index in [0.29, 0.717) is 11.4 Å². The minimum Gasteiger partial charge on any atom is -0.497 e. The van der Waals surface area contributed by atoms with Crippen LogP contribution in [0.3, 0.4) is 0 Å². The van der Waals surface area contributed by atoms with Gasteiger partial charge < -0.3 is 10.1 Å². The topological polar surface area (TPSA) is 79.8 Å². The van der Waals surface area contributed by atoms with E-state index in [0.717, 1.165) is 5.56 Å². The first-order chi connectivity index (χ1) is 11.7. The van der Waals surface area contributed by atoms with Gasteiger partial charge in [-0.25, -0.2) is 5.43 Å². The van der Waals surface area contributed by atoms with E-state index in [-0.39, 0.29) is 24.7 Å². The van der Waals surface area contributed by atoms with Crippen LogP contribution < -0.4 is 15.5 Å². The summed E-state index contributed by atoms with van der Waals surface area (Å²) in [5.74, 6) is 0.174. The summed E-state index contributed by atoms with van der Waals surface area (Å²) in [6.45, 7) is 0. The normalized spacial score (nSPS) is 10.4. The number of nitrogens with one attached hydrogen (secondary N) is 2. The smallest absolute Gasteiger partial charge is 0.240 e. The van der Waals surface area contributed by atoms with Crippen LogP contribution in [0, 0.1) is 0 Å². The van der Waals surface area contributed by atoms with Gasteiger partial charge in [-0.05, 0) is 29.8 Å². The predicted molar refractivity (Wildman–Crippen MR) is 93.0 cm³/mol. The molecule has 0 aromatic heterocycles. The van der Waals surface area contributed by atoms with Crippen LogP contribution in [0.4, 0.5) is 5.69 Å².